The van der Waals surface area contributed by atoms with Crippen molar-refractivity contribution in [1.82, 2.24) is 9.78 Å². The van der Waals surface area contributed by atoms with Gasteiger partial charge < -0.3 is 19.5 Å². The van der Waals surface area contributed by atoms with Crippen LogP contribution in [0.25, 0.3) is 0 Å². The van der Waals surface area contributed by atoms with Gasteiger partial charge in [0.25, 0.3) is 5.91 Å². The van der Waals surface area contributed by atoms with E-state index in [2.05, 4.69) is 15.2 Å². The zero-order chi connectivity index (χ0) is 20.8. The Kier molecular flexibility index (Phi) is 6.63. The Morgan fingerprint density at radius 3 is 2.69 bits per heavy atom. The minimum Gasteiger partial charge on any atom is -0.493 e. The third-order valence-corrected chi connectivity index (χ3v) is 4.56. The van der Waals surface area contributed by atoms with Gasteiger partial charge in [-0.3, -0.25) is 4.79 Å². The molecular formula is C19H21F2N3O5. The number of nitrogens with zero attached hydrogens (tertiary/aromatic N) is 2. The first-order valence-corrected chi connectivity index (χ1v) is 9.11. The van der Waals surface area contributed by atoms with Crippen LogP contribution in [0.1, 0.15) is 42.1 Å². The molecule has 1 N–H and O–H groups in total. The maximum Gasteiger partial charge on any atom is 0.387 e. The lowest BCUT2D eigenvalue weighted by molar-refractivity contribution is -0.119. The predicted octanol–water partition coefficient (Wildman–Crippen LogP) is 3.40. The maximum atomic E-state index is 12.4. The summed E-state index contributed by atoms with van der Waals surface area (Å²) in [7, 11) is 1.25. The molecule has 2 aromatic rings. The minimum absolute atomic E-state index is 0.0345. The van der Waals surface area contributed by atoms with Gasteiger partial charge >= 0.3 is 12.6 Å². The number of halogens is 2. The second-order valence-electron chi connectivity index (χ2n) is 6.47. The van der Waals surface area contributed by atoms with Gasteiger partial charge in [0.15, 0.2) is 18.1 Å². The van der Waals surface area contributed by atoms with Crippen LogP contribution in [0.4, 0.5) is 14.6 Å². The molecule has 0 unspecified atom stereocenters. The Hall–Kier alpha value is -3.17. The number of esters is 1. The van der Waals surface area contributed by atoms with Gasteiger partial charge in [-0.25, -0.2) is 9.48 Å². The molecule has 1 saturated carbocycles. The number of alkyl halides is 2. The lowest BCUT2D eigenvalue weighted by Crippen LogP contribution is -2.23. The van der Waals surface area contributed by atoms with Crippen LogP contribution in [0.2, 0.25) is 0 Å². The fraction of sp³-hybridized carbons (Fsp3) is 0.421. The number of carbonyl (C=O) groups excluding carboxylic acids is 2. The molecule has 3 rings (SSSR count). The maximum absolute atomic E-state index is 12.4. The first-order valence-electron chi connectivity index (χ1n) is 9.11. The lowest BCUT2D eigenvalue weighted by atomic mass is 10.2. The van der Waals surface area contributed by atoms with Crippen molar-refractivity contribution in [1.29, 1.82) is 0 Å². The Labute approximate surface area is 165 Å². The van der Waals surface area contributed by atoms with Gasteiger partial charge in [0.05, 0.1) is 24.9 Å². The van der Waals surface area contributed by atoms with Crippen molar-refractivity contribution in [2.75, 3.05) is 19.0 Å². The standard InChI is InChI=1S/C19H21F2N3O5/c1-27-15-10-12(6-7-14(15)29-19(20)21)18(26)28-11-17(25)23-16-8-9-22-24(16)13-4-2-3-5-13/h6-10,13,19H,2-5,11H2,1H3,(H,23,25). The summed E-state index contributed by atoms with van der Waals surface area (Å²) in [5, 5.41) is 6.94. The second-order valence-corrected chi connectivity index (χ2v) is 6.47. The second kappa shape index (κ2) is 9.35. The molecule has 0 bridgehead atoms. The molecule has 0 radical (unpaired) electrons. The molecule has 0 atom stereocenters. The molecule has 1 amide bonds. The van der Waals surface area contributed by atoms with Crippen LogP contribution in [0.5, 0.6) is 11.5 Å². The van der Waals surface area contributed by atoms with E-state index in [0.29, 0.717) is 5.82 Å². The molecular weight excluding hydrogens is 388 g/mol. The molecule has 0 spiro atoms. The van der Waals surface area contributed by atoms with Gasteiger partial charge in [-0.2, -0.15) is 13.9 Å². The van der Waals surface area contributed by atoms with E-state index in [1.54, 1.807) is 16.9 Å². The molecule has 1 heterocycles. The average Bonchev–Trinajstić information content (AvgIpc) is 3.37. The van der Waals surface area contributed by atoms with E-state index in [9.17, 15) is 18.4 Å². The molecule has 1 aliphatic rings. The van der Waals surface area contributed by atoms with E-state index in [1.165, 1.54) is 25.3 Å². The quantitative estimate of drug-likeness (QED) is 0.672. The average molecular weight is 409 g/mol. The van der Waals surface area contributed by atoms with E-state index in [-0.39, 0.29) is 23.1 Å². The first-order chi connectivity index (χ1) is 14.0. The van der Waals surface area contributed by atoms with Crippen LogP contribution in [0, 0.1) is 0 Å². The molecule has 10 heteroatoms. The third kappa shape index (κ3) is 5.21. The van der Waals surface area contributed by atoms with Crippen molar-refractivity contribution in [3.05, 3.63) is 36.0 Å². The van der Waals surface area contributed by atoms with Gasteiger partial charge in [0, 0.05) is 6.07 Å². The number of methoxy groups -OCH3 is 1. The molecule has 156 valence electrons. The minimum atomic E-state index is -3.02. The summed E-state index contributed by atoms with van der Waals surface area (Å²) in [6.45, 7) is -3.53. The number of hydrogen-bond donors (Lipinski definition) is 1. The van der Waals surface area contributed by atoms with Crippen LogP contribution in [0.15, 0.2) is 30.5 Å². The number of aromatic nitrogens is 2. The summed E-state index contributed by atoms with van der Waals surface area (Å²) < 4.78 is 40.8. The van der Waals surface area contributed by atoms with E-state index in [0.717, 1.165) is 25.7 Å². The lowest BCUT2D eigenvalue weighted by Gasteiger charge is -2.14. The predicted molar refractivity (Wildman–Crippen MR) is 98.3 cm³/mol. The number of amides is 1. The summed E-state index contributed by atoms with van der Waals surface area (Å²) in [4.78, 5) is 24.3. The molecule has 0 aliphatic heterocycles. The van der Waals surface area contributed by atoms with Crippen LogP contribution >= 0.6 is 0 Å². The van der Waals surface area contributed by atoms with Gasteiger partial charge in [0.2, 0.25) is 0 Å². The molecule has 0 saturated heterocycles. The van der Waals surface area contributed by atoms with Crippen molar-refractivity contribution in [2.24, 2.45) is 0 Å². The Balaban J connectivity index is 1.56. The molecule has 1 fully saturated rings. The molecule has 1 aromatic carbocycles. The van der Waals surface area contributed by atoms with E-state index in [4.69, 9.17) is 9.47 Å². The Morgan fingerprint density at radius 1 is 1.24 bits per heavy atom. The summed E-state index contributed by atoms with van der Waals surface area (Å²) in [5.74, 6) is -1.02. The monoisotopic (exact) mass is 409 g/mol. The van der Waals surface area contributed by atoms with Crippen LogP contribution in [-0.2, 0) is 9.53 Å². The zero-order valence-corrected chi connectivity index (χ0v) is 15.8. The van der Waals surface area contributed by atoms with Gasteiger partial charge in [-0.15, -0.1) is 0 Å². The Bertz CT molecular complexity index is 865. The van der Waals surface area contributed by atoms with Crippen LogP contribution in [-0.4, -0.2) is 42.0 Å². The number of rotatable bonds is 8. The number of carbonyl (C=O) groups is 2. The van der Waals surface area contributed by atoms with Gasteiger partial charge in [0.1, 0.15) is 5.82 Å². The summed E-state index contributed by atoms with van der Waals surface area (Å²) in [6, 6.07) is 5.55. The topological polar surface area (TPSA) is 91.7 Å². The van der Waals surface area contributed by atoms with Crippen LogP contribution < -0.4 is 14.8 Å². The number of nitrogens with one attached hydrogen (secondary N) is 1. The van der Waals surface area contributed by atoms with E-state index in [1.807, 2.05) is 0 Å². The van der Waals surface area contributed by atoms with Crippen molar-refractivity contribution in [2.45, 2.75) is 38.3 Å². The molecule has 29 heavy (non-hydrogen) atoms. The summed E-state index contributed by atoms with van der Waals surface area (Å²) in [5.41, 5.74) is 0.0345. The largest absolute Gasteiger partial charge is 0.493 e. The fourth-order valence-corrected chi connectivity index (χ4v) is 3.23. The van der Waals surface area contributed by atoms with E-state index < -0.39 is 25.1 Å². The first kappa shape index (κ1) is 20.6. The molecule has 1 aliphatic carbocycles. The Morgan fingerprint density at radius 2 is 2.00 bits per heavy atom. The highest BCUT2D eigenvalue weighted by Gasteiger charge is 2.21. The smallest absolute Gasteiger partial charge is 0.387 e. The highest BCUT2D eigenvalue weighted by atomic mass is 19.3. The number of benzene rings is 1. The number of ether oxygens (including phenoxy) is 3. The zero-order valence-electron chi connectivity index (χ0n) is 15.8. The van der Waals surface area contributed by atoms with Crippen LogP contribution in [0.3, 0.4) is 0 Å². The van der Waals surface area contributed by atoms with Crippen molar-refractivity contribution < 1.29 is 32.6 Å². The van der Waals surface area contributed by atoms with Gasteiger partial charge in [-0.05, 0) is 31.0 Å². The summed E-state index contributed by atoms with van der Waals surface area (Å²) in [6.07, 6.45) is 5.87. The van der Waals surface area contributed by atoms with Crippen molar-refractivity contribution in [3.8, 4) is 11.5 Å². The highest BCUT2D eigenvalue weighted by molar-refractivity contribution is 5.95. The molecule has 1 aromatic heterocycles. The van der Waals surface area contributed by atoms with Crippen molar-refractivity contribution >= 4 is 17.7 Å². The van der Waals surface area contributed by atoms with Gasteiger partial charge in [-0.1, -0.05) is 12.8 Å². The normalized spacial score (nSPS) is 14.1. The third-order valence-electron chi connectivity index (χ3n) is 4.56. The SMILES string of the molecule is COc1cc(C(=O)OCC(=O)Nc2ccnn2C2CCCC2)ccc1OC(F)F. The number of hydrogen-bond acceptors (Lipinski definition) is 6. The van der Waals surface area contributed by atoms with Crippen molar-refractivity contribution in [3.63, 3.8) is 0 Å². The van der Waals surface area contributed by atoms with E-state index >= 15 is 0 Å². The summed E-state index contributed by atoms with van der Waals surface area (Å²) >= 11 is 0. The highest BCUT2D eigenvalue weighted by Crippen LogP contribution is 2.31. The fourth-order valence-electron chi connectivity index (χ4n) is 3.23. The molecule has 8 nitrogen and oxygen atoms in total. The number of anilines is 1.